The normalized spacial score (nSPS) is 13.3. The predicted octanol–water partition coefficient (Wildman–Crippen LogP) is 1.88. The summed E-state index contributed by atoms with van der Waals surface area (Å²) in [6.07, 6.45) is 7.88. The molecule has 0 saturated carbocycles. The van der Waals surface area contributed by atoms with Crippen LogP contribution in [-0.2, 0) is 36.6 Å². The number of nitrogens with two attached hydrogens (primary N) is 5. The highest BCUT2D eigenvalue weighted by atomic mass is 35.5. The summed E-state index contributed by atoms with van der Waals surface area (Å²) >= 11 is 11.6. The maximum Gasteiger partial charge on any atom is 0.314 e. The number of hydrogen-bond donors (Lipinski definition) is 11. The van der Waals surface area contributed by atoms with E-state index in [1.807, 2.05) is 48.5 Å². The Kier molecular flexibility index (Phi) is 30.6. The Hall–Kier alpha value is -7.07. The number of guanidine groups is 2. The number of halogens is 2. The van der Waals surface area contributed by atoms with Crippen LogP contribution < -0.4 is 70.0 Å². The average Bonchev–Trinajstić information content (AvgIpc) is 3.77. The molecule has 0 aliphatic carbocycles. The van der Waals surface area contributed by atoms with Crippen LogP contribution in [0.5, 0.6) is 11.5 Å². The van der Waals surface area contributed by atoms with Crippen molar-refractivity contribution in [3.05, 3.63) is 81.7 Å². The number of ether oxygens (including phenoxy) is 6. The Morgan fingerprint density at radius 3 is 1.44 bits per heavy atom. The van der Waals surface area contributed by atoms with Crippen molar-refractivity contribution < 1.29 is 47.6 Å². The molecule has 28 heteroatoms. The molecule has 16 N–H and O–H groups in total. The molecule has 1 aliphatic rings. The first-order valence-electron chi connectivity index (χ1n) is 25.6. The fourth-order valence-corrected chi connectivity index (χ4v) is 7.21. The monoisotopic (exact) mass is 1130 g/mol. The number of carbonyl (C=O) groups excluding carboxylic acids is 4. The molecule has 1 atom stereocenters. The van der Waals surface area contributed by atoms with E-state index >= 15 is 0 Å². The number of unbranched alkanes of at least 4 members (excludes halogenated alkanes) is 3. The molecule has 1 aliphatic heterocycles. The van der Waals surface area contributed by atoms with Gasteiger partial charge in [-0.3, -0.25) is 30.2 Å². The SMILES string of the molecule is NC(=NCCCc1ccc(OCCOCCOCCNC(=O)NCCCCCCNC(=O)NCCOCCOCCOc2ccc(CCCN=C(N)NC(=O)c3nc(Cl)c(N)nc3N)cc2)cc1)NC(=O)C1=NC(Cl)=CC1N. The molecule has 0 fully saturated rings. The number of nitrogens with one attached hydrogen (secondary N) is 6. The molecule has 2 heterocycles. The first kappa shape index (κ1) is 63.5. The summed E-state index contributed by atoms with van der Waals surface area (Å²) in [6, 6.07) is 14.3. The Morgan fingerprint density at radius 2 is 0.974 bits per heavy atom. The zero-order chi connectivity index (χ0) is 56.2. The minimum absolute atomic E-state index is 0.00905. The lowest BCUT2D eigenvalue weighted by atomic mass is 10.1. The van der Waals surface area contributed by atoms with E-state index in [4.69, 9.17) is 80.3 Å². The highest BCUT2D eigenvalue weighted by molar-refractivity contribution is 6.46. The summed E-state index contributed by atoms with van der Waals surface area (Å²) in [6.45, 7) is 6.50. The van der Waals surface area contributed by atoms with Crippen molar-refractivity contribution in [2.24, 2.45) is 32.2 Å². The van der Waals surface area contributed by atoms with Gasteiger partial charge in [-0.05, 0) is 80.0 Å². The van der Waals surface area contributed by atoms with E-state index in [0.29, 0.717) is 118 Å². The van der Waals surface area contributed by atoms with Crippen LogP contribution in [0.3, 0.4) is 0 Å². The van der Waals surface area contributed by atoms with Crippen LogP contribution in [0.15, 0.2) is 74.7 Å². The number of aryl methyl sites for hydroxylation is 2. The highest BCUT2D eigenvalue weighted by Crippen LogP contribution is 2.18. The molecule has 4 rings (SSSR count). The molecule has 78 heavy (non-hydrogen) atoms. The van der Waals surface area contributed by atoms with Crippen LogP contribution in [0.2, 0.25) is 5.15 Å². The topological polar surface area (TPSA) is 389 Å². The highest BCUT2D eigenvalue weighted by Gasteiger charge is 2.24. The summed E-state index contributed by atoms with van der Waals surface area (Å²) in [5.41, 5.74) is 30.7. The molecule has 2 aromatic carbocycles. The van der Waals surface area contributed by atoms with E-state index in [1.165, 1.54) is 6.08 Å². The number of aromatic nitrogens is 2. The number of nitrogen functional groups attached to an aromatic ring is 2. The molecule has 0 spiro atoms. The van der Waals surface area contributed by atoms with Crippen LogP contribution in [0, 0.1) is 0 Å². The summed E-state index contributed by atoms with van der Waals surface area (Å²) in [5, 5.41) is 16.1. The molecular formula is C50H74Cl2N16O10. The number of carbonyl (C=O) groups is 4. The van der Waals surface area contributed by atoms with E-state index in [2.05, 4.69) is 56.8 Å². The number of rotatable bonds is 37. The van der Waals surface area contributed by atoms with Crippen molar-refractivity contribution in [3.8, 4) is 11.5 Å². The molecule has 428 valence electrons. The lowest BCUT2D eigenvalue weighted by Crippen LogP contribution is -2.45. The molecule has 0 radical (unpaired) electrons. The van der Waals surface area contributed by atoms with Gasteiger partial charge in [0.25, 0.3) is 11.8 Å². The molecule has 0 saturated heterocycles. The summed E-state index contributed by atoms with van der Waals surface area (Å²) in [4.78, 5) is 68.5. The van der Waals surface area contributed by atoms with E-state index < -0.39 is 17.9 Å². The van der Waals surface area contributed by atoms with Crippen LogP contribution in [0.4, 0.5) is 21.2 Å². The summed E-state index contributed by atoms with van der Waals surface area (Å²) < 4.78 is 33.7. The number of anilines is 2. The molecular weight excluding hydrogens is 1060 g/mol. The number of hydrogen-bond acceptors (Lipinski definition) is 18. The van der Waals surface area contributed by atoms with Crippen molar-refractivity contribution >= 4 is 76.3 Å². The lowest BCUT2D eigenvalue weighted by molar-refractivity contribution is -0.113. The standard InChI is InChI=1S/C50H74Cl2N16O10/c51-39-33-38(53)40(64-39)45(69)67-47(56)58-19-5-7-34-9-13-36(14-10-34)77-31-29-75-27-25-73-23-21-62-49(71)60-17-3-1-2-4-18-61-50(72)63-22-24-74-26-28-76-30-32-78-37-15-11-35(12-16-37)8-6-20-59-48(57)68-46(70)41-43(54)66-44(55)42(52)65-41/h9-16,33,38H,1-8,17-32,53H2,(H4,54,55,66)(H2,60,62,71)(H2,61,63,72)(H3,56,58,67,69)(H3,57,59,68,70). The molecule has 1 unspecified atom stereocenters. The summed E-state index contributed by atoms with van der Waals surface area (Å²) in [5.74, 6) is -0.132. The van der Waals surface area contributed by atoms with Crippen molar-refractivity contribution in [1.82, 2.24) is 41.9 Å². The van der Waals surface area contributed by atoms with Gasteiger partial charge in [0.1, 0.15) is 35.6 Å². The van der Waals surface area contributed by atoms with E-state index in [0.717, 1.165) is 61.8 Å². The third kappa shape index (κ3) is 27.3. The van der Waals surface area contributed by atoms with Gasteiger partial charge in [0.2, 0.25) is 0 Å². The first-order valence-corrected chi connectivity index (χ1v) is 26.3. The molecule has 26 nitrogen and oxygen atoms in total. The lowest BCUT2D eigenvalue weighted by Gasteiger charge is -2.10. The molecule has 1 aromatic heterocycles. The third-order valence-corrected chi connectivity index (χ3v) is 11.3. The Bertz CT molecular complexity index is 2440. The molecule has 0 bridgehead atoms. The van der Waals surface area contributed by atoms with E-state index in [1.54, 1.807) is 0 Å². The summed E-state index contributed by atoms with van der Waals surface area (Å²) in [7, 11) is 0. The number of amides is 6. The number of nitrogens with zero attached hydrogens (tertiary/aromatic N) is 5. The van der Waals surface area contributed by atoms with Gasteiger partial charge in [0.15, 0.2) is 34.4 Å². The van der Waals surface area contributed by atoms with Crippen molar-refractivity contribution in [1.29, 1.82) is 0 Å². The largest absolute Gasteiger partial charge is 0.491 e. The fraction of sp³-hybridized carbons (Fsp3) is 0.500. The van der Waals surface area contributed by atoms with E-state index in [-0.39, 0.29) is 57.3 Å². The quantitative estimate of drug-likeness (QED) is 0.0170. The number of aliphatic imine (C=N–C) groups is 3. The fourth-order valence-electron chi connectivity index (χ4n) is 6.86. The van der Waals surface area contributed by atoms with Gasteiger partial charge in [-0.2, -0.15) is 0 Å². The van der Waals surface area contributed by atoms with Gasteiger partial charge >= 0.3 is 12.1 Å². The second kappa shape index (κ2) is 37.7. The minimum Gasteiger partial charge on any atom is -0.491 e. The number of benzene rings is 2. The van der Waals surface area contributed by atoms with Crippen molar-refractivity contribution in [3.63, 3.8) is 0 Å². The smallest absolute Gasteiger partial charge is 0.314 e. The molecule has 3 aromatic rings. The zero-order valence-corrected chi connectivity index (χ0v) is 45.2. The predicted molar refractivity (Wildman–Crippen MR) is 299 cm³/mol. The first-order chi connectivity index (χ1) is 37.8. The second-order valence-corrected chi connectivity index (χ2v) is 17.8. The van der Waals surface area contributed by atoms with Crippen molar-refractivity contribution in [2.75, 3.05) is 117 Å². The average molecular weight is 1130 g/mol. The van der Waals surface area contributed by atoms with E-state index in [9.17, 15) is 19.2 Å². The van der Waals surface area contributed by atoms with Crippen LogP contribution in [-0.4, -0.2) is 163 Å². The van der Waals surface area contributed by atoms with Gasteiger partial charge < -0.3 is 78.4 Å². The zero-order valence-electron chi connectivity index (χ0n) is 43.7. The molecule has 6 amide bonds. The van der Waals surface area contributed by atoms with Crippen LogP contribution in [0.1, 0.15) is 60.1 Å². The van der Waals surface area contributed by atoms with Gasteiger partial charge in [0, 0.05) is 39.3 Å². The van der Waals surface area contributed by atoms with Crippen LogP contribution in [0.25, 0.3) is 0 Å². The Morgan fingerprint density at radius 1 is 0.538 bits per heavy atom. The second-order valence-electron chi connectivity index (χ2n) is 17.0. The Balaban J connectivity index is 0.836. The Labute approximate surface area is 463 Å². The third-order valence-electron chi connectivity index (χ3n) is 10.8. The van der Waals surface area contributed by atoms with Gasteiger partial charge in [0.05, 0.1) is 58.9 Å². The van der Waals surface area contributed by atoms with Crippen LogP contribution >= 0.6 is 23.2 Å². The van der Waals surface area contributed by atoms with Gasteiger partial charge in [-0.1, -0.05) is 60.3 Å². The maximum atomic E-state index is 12.4. The maximum absolute atomic E-state index is 12.4. The van der Waals surface area contributed by atoms with Crippen molar-refractivity contribution in [2.45, 2.75) is 57.4 Å². The van der Waals surface area contributed by atoms with Gasteiger partial charge in [-0.25, -0.2) is 24.5 Å². The minimum atomic E-state index is -0.695. The number of urea groups is 2. The van der Waals surface area contributed by atoms with Gasteiger partial charge in [-0.15, -0.1) is 0 Å².